The maximum Gasteiger partial charge on any atom is 0.405 e. The van der Waals surface area contributed by atoms with Gasteiger partial charge in [-0.15, -0.1) is 0 Å². The Morgan fingerprint density at radius 2 is 2.21 bits per heavy atom. The van der Waals surface area contributed by atoms with Crippen molar-refractivity contribution in [3.05, 3.63) is 27.1 Å². The molecule has 0 bridgehead atoms. The molecule has 0 saturated carbocycles. The maximum absolute atomic E-state index is 11.6. The zero-order valence-electron chi connectivity index (χ0n) is 11.4. The molecular weight excluding hydrogens is 270 g/mol. The number of carbonyl (C=O) groups is 1. The van der Waals surface area contributed by atoms with Crippen LogP contribution >= 0.6 is 11.6 Å². The van der Waals surface area contributed by atoms with E-state index in [1.54, 1.807) is 13.8 Å². The second-order valence-corrected chi connectivity index (χ2v) is 5.63. The first-order valence-corrected chi connectivity index (χ1v) is 6.25. The first-order chi connectivity index (χ1) is 8.62. The molecule has 1 atom stereocenters. The van der Waals surface area contributed by atoms with E-state index in [-0.39, 0.29) is 16.6 Å². The molecule has 0 aromatic carbocycles. The molecule has 1 aromatic rings. The molecule has 0 aliphatic carbocycles. The van der Waals surface area contributed by atoms with Crippen LogP contribution in [0.25, 0.3) is 0 Å². The number of aryl methyl sites for hydroxylation is 1. The van der Waals surface area contributed by atoms with Crippen LogP contribution in [-0.4, -0.2) is 26.5 Å². The van der Waals surface area contributed by atoms with Gasteiger partial charge in [0.05, 0.1) is 0 Å². The molecule has 0 fully saturated rings. The fourth-order valence-corrected chi connectivity index (χ4v) is 2.44. The number of nitrogens with zero attached hydrogens (tertiary/aromatic N) is 2. The van der Waals surface area contributed by atoms with Gasteiger partial charge in [-0.2, -0.15) is 5.10 Å². The predicted molar refractivity (Wildman–Crippen MR) is 72.8 cm³/mol. The summed E-state index contributed by atoms with van der Waals surface area (Å²) in [5.74, 6) is -0.0873. The third kappa shape index (κ3) is 4.24. The van der Waals surface area contributed by atoms with Crippen molar-refractivity contribution in [1.82, 2.24) is 15.1 Å². The molecule has 0 saturated heterocycles. The summed E-state index contributed by atoms with van der Waals surface area (Å²) < 4.78 is 1.17. The Bertz CT molecular complexity index is 540. The van der Waals surface area contributed by atoms with Crippen LogP contribution in [0.2, 0.25) is 5.15 Å². The van der Waals surface area contributed by atoms with Crippen molar-refractivity contribution in [2.75, 3.05) is 0 Å². The van der Waals surface area contributed by atoms with E-state index in [1.807, 2.05) is 6.92 Å². The second-order valence-electron chi connectivity index (χ2n) is 5.27. The van der Waals surface area contributed by atoms with Gasteiger partial charge in [-0.3, -0.25) is 4.79 Å². The van der Waals surface area contributed by atoms with Crippen LogP contribution in [0.1, 0.15) is 38.7 Å². The normalized spacial score (nSPS) is 13.1. The molecule has 0 aliphatic rings. The van der Waals surface area contributed by atoms with E-state index in [2.05, 4.69) is 10.4 Å². The summed E-state index contributed by atoms with van der Waals surface area (Å²) in [6.07, 6.45) is -0.571. The Balaban J connectivity index is 2.95. The highest BCUT2D eigenvalue weighted by Gasteiger charge is 2.25. The molecule has 1 rings (SSSR count). The Morgan fingerprint density at radius 3 is 2.74 bits per heavy atom. The Kier molecular flexibility index (Phi) is 4.57. The number of aromatic nitrogens is 2. The van der Waals surface area contributed by atoms with Gasteiger partial charge in [0, 0.05) is 18.7 Å². The van der Waals surface area contributed by atoms with Crippen LogP contribution in [0.3, 0.4) is 0 Å². The minimum absolute atomic E-state index is 0.0873. The lowest BCUT2D eigenvalue weighted by Gasteiger charge is -2.28. The summed E-state index contributed by atoms with van der Waals surface area (Å²) in [7, 11) is 1.53. The lowest BCUT2D eigenvalue weighted by Crippen LogP contribution is -2.43. The second kappa shape index (κ2) is 5.61. The third-order valence-electron chi connectivity index (χ3n) is 2.87. The highest BCUT2D eigenvalue weighted by molar-refractivity contribution is 6.30. The van der Waals surface area contributed by atoms with E-state index in [1.165, 1.54) is 17.8 Å². The fraction of sp³-hybridized carbons (Fsp3) is 0.583. The third-order valence-corrected chi connectivity index (χ3v) is 3.16. The number of hydrogen-bond acceptors (Lipinski definition) is 3. The zero-order chi connectivity index (χ0) is 14.8. The lowest BCUT2D eigenvalue weighted by molar-refractivity contribution is 0.179. The molecule has 1 unspecified atom stereocenters. The molecule has 1 amide bonds. The van der Waals surface area contributed by atoms with Crippen molar-refractivity contribution in [3.63, 3.8) is 0 Å². The highest BCUT2D eigenvalue weighted by atomic mass is 35.5. The zero-order valence-corrected chi connectivity index (χ0v) is 12.2. The van der Waals surface area contributed by atoms with Crippen LogP contribution in [0, 0.1) is 0 Å². The molecule has 6 nitrogen and oxygen atoms in total. The SMILES string of the molecule is CC(CC(C)(C)NC(=O)O)c1cc(=O)n(C)nc1Cl. The van der Waals surface area contributed by atoms with Gasteiger partial charge >= 0.3 is 6.09 Å². The van der Waals surface area contributed by atoms with E-state index >= 15 is 0 Å². The highest BCUT2D eigenvalue weighted by Crippen LogP contribution is 2.28. The van der Waals surface area contributed by atoms with Crippen molar-refractivity contribution in [2.45, 2.75) is 38.6 Å². The van der Waals surface area contributed by atoms with Crippen molar-refractivity contribution in [2.24, 2.45) is 7.05 Å². The van der Waals surface area contributed by atoms with Crippen molar-refractivity contribution < 1.29 is 9.90 Å². The molecule has 2 N–H and O–H groups in total. The summed E-state index contributed by atoms with van der Waals surface area (Å²) >= 11 is 6.02. The molecule has 7 heteroatoms. The quantitative estimate of drug-likeness (QED) is 0.887. The van der Waals surface area contributed by atoms with Crippen molar-refractivity contribution in [3.8, 4) is 0 Å². The van der Waals surface area contributed by atoms with E-state index in [9.17, 15) is 9.59 Å². The fourth-order valence-electron chi connectivity index (χ4n) is 2.09. The lowest BCUT2D eigenvalue weighted by atomic mass is 9.88. The summed E-state index contributed by atoms with van der Waals surface area (Å²) in [5, 5.41) is 15.4. The number of carboxylic acid groups (broad SMARTS) is 1. The first-order valence-electron chi connectivity index (χ1n) is 5.87. The van der Waals surface area contributed by atoms with Crippen LogP contribution in [0.15, 0.2) is 10.9 Å². The molecule has 0 aliphatic heterocycles. The summed E-state index contributed by atoms with van der Waals surface area (Å²) in [4.78, 5) is 22.3. The topological polar surface area (TPSA) is 84.2 Å². The largest absolute Gasteiger partial charge is 0.465 e. The first kappa shape index (κ1) is 15.5. The van der Waals surface area contributed by atoms with Gasteiger partial charge in [0.2, 0.25) is 0 Å². The molecule has 0 radical (unpaired) electrons. The minimum Gasteiger partial charge on any atom is -0.465 e. The standard InChI is InChI=1S/C12H18ClN3O3/c1-7(6-12(2,3)14-11(18)19)8-5-9(17)16(4)15-10(8)13/h5,7,14H,6H2,1-4H3,(H,18,19). The molecule has 106 valence electrons. The van der Waals surface area contributed by atoms with E-state index in [4.69, 9.17) is 16.7 Å². The van der Waals surface area contributed by atoms with Crippen molar-refractivity contribution in [1.29, 1.82) is 0 Å². The average Bonchev–Trinajstić information content (AvgIpc) is 2.20. The monoisotopic (exact) mass is 287 g/mol. The summed E-state index contributed by atoms with van der Waals surface area (Å²) in [6, 6.07) is 1.44. The van der Waals surface area contributed by atoms with Gasteiger partial charge in [0.25, 0.3) is 5.56 Å². The molecule has 1 heterocycles. The molecule has 0 spiro atoms. The Hall–Kier alpha value is -1.56. The summed E-state index contributed by atoms with van der Waals surface area (Å²) in [6.45, 7) is 5.44. The number of nitrogens with one attached hydrogen (secondary N) is 1. The number of halogens is 1. The number of rotatable bonds is 4. The van der Waals surface area contributed by atoms with E-state index in [0.717, 1.165) is 0 Å². The van der Waals surface area contributed by atoms with E-state index < -0.39 is 11.6 Å². The van der Waals surface area contributed by atoms with Crippen LogP contribution < -0.4 is 10.9 Å². The van der Waals surface area contributed by atoms with Crippen LogP contribution in [0.5, 0.6) is 0 Å². The van der Waals surface area contributed by atoms with E-state index in [0.29, 0.717) is 12.0 Å². The minimum atomic E-state index is -1.08. The number of amides is 1. The smallest absolute Gasteiger partial charge is 0.405 e. The van der Waals surface area contributed by atoms with Gasteiger partial charge in [-0.1, -0.05) is 18.5 Å². The van der Waals surface area contributed by atoms with Crippen LogP contribution in [0.4, 0.5) is 4.79 Å². The number of hydrogen-bond donors (Lipinski definition) is 2. The molecule has 1 aromatic heterocycles. The van der Waals surface area contributed by atoms with Crippen LogP contribution in [-0.2, 0) is 7.05 Å². The van der Waals surface area contributed by atoms with Gasteiger partial charge in [0.1, 0.15) is 0 Å². The maximum atomic E-state index is 11.6. The predicted octanol–water partition coefficient (Wildman–Crippen LogP) is 1.97. The van der Waals surface area contributed by atoms with Crippen molar-refractivity contribution >= 4 is 17.7 Å². The van der Waals surface area contributed by atoms with Gasteiger partial charge < -0.3 is 10.4 Å². The molecule has 19 heavy (non-hydrogen) atoms. The Labute approximate surface area is 116 Å². The Morgan fingerprint density at radius 1 is 1.63 bits per heavy atom. The van der Waals surface area contributed by atoms with Gasteiger partial charge in [-0.25, -0.2) is 9.48 Å². The van der Waals surface area contributed by atoms with Gasteiger partial charge in [-0.05, 0) is 31.7 Å². The average molecular weight is 288 g/mol. The van der Waals surface area contributed by atoms with Gasteiger partial charge in [0.15, 0.2) is 5.15 Å². The molecular formula is C12H18ClN3O3. The summed E-state index contributed by atoms with van der Waals surface area (Å²) in [5.41, 5.74) is -0.226.